The lowest BCUT2D eigenvalue weighted by molar-refractivity contribution is 0.199. The first kappa shape index (κ1) is 13.2. The van der Waals surface area contributed by atoms with Gasteiger partial charge in [-0.05, 0) is 24.3 Å². The zero-order valence-corrected chi connectivity index (χ0v) is 12.6. The second-order valence-corrected chi connectivity index (χ2v) is 6.78. The molecule has 0 aromatic carbocycles. The van der Waals surface area contributed by atoms with E-state index in [0.717, 1.165) is 19.7 Å². The van der Waals surface area contributed by atoms with Crippen LogP contribution in [0.1, 0.15) is 29.3 Å². The zero-order valence-electron chi connectivity index (χ0n) is 11.0. The van der Waals surface area contributed by atoms with Crippen LogP contribution in [0.25, 0.3) is 9.88 Å². The molecule has 0 saturated heterocycles. The minimum atomic E-state index is 0.712. The molecular formula is C14H18N2OS2. The maximum Gasteiger partial charge on any atom is 0.133 e. The number of hydrogen-bond acceptors (Lipinski definition) is 5. The first-order valence-electron chi connectivity index (χ1n) is 6.61. The molecule has 102 valence electrons. The maximum atomic E-state index is 5.06. The van der Waals surface area contributed by atoms with Gasteiger partial charge in [0.25, 0.3) is 0 Å². The molecule has 1 aliphatic rings. The van der Waals surface area contributed by atoms with Crippen molar-refractivity contribution in [1.29, 1.82) is 0 Å². The fraction of sp³-hybridized carbons (Fsp3) is 0.500. The van der Waals surface area contributed by atoms with Gasteiger partial charge >= 0.3 is 0 Å². The van der Waals surface area contributed by atoms with E-state index in [1.54, 1.807) is 18.4 Å². The first-order valence-corrected chi connectivity index (χ1v) is 8.31. The molecular weight excluding hydrogens is 276 g/mol. The minimum absolute atomic E-state index is 0.712. The fourth-order valence-electron chi connectivity index (χ4n) is 2.05. The molecule has 0 aliphatic heterocycles. The van der Waals surface area contributed by atoms with Crippen molar-refractivity contribution in [3.8, 4) is 9.88 Å². The number of ether oxygens (including phenoxy) is 1. The van der Waals surface area contributed by atoms with Gasteiger partial charge in [-0.3, -0.25) is 0 Å². The third kappa shape index (κ3) is 3.23. The number of aromatic nitrogens is 1. The van der Waals surface area contributed by atoms with Gasteiger partial charge in [-0.1, -0.05) is 6.07 Å². The summed E-state index contributed by atoms with van der Waals surface area (Å²) < 4.78 is 5.06. The van der Waals surface area contributed by atoms with E-state index >= 15 is 0 Å². The summed E-state index contributed by atoms with van der Waals surface area (Å²) in [6.07, 6.45) is 2.61. The van der Waals surface area contributed by atoms with Crippen LogP contribution in [0.5, 0.6) is 0 Å². The molecule has 0 radical (unpaired) electrons. The third-order valence-corrected chi connectivity index (χ3v) is 5.30. The van der Waals surface area contributed by atoms with E-state index in [9.17, 15) is 0 Å². The van der Waals surface area contributed by atoms with Crippen molar-refractivity contribution in [2.45, 2.75) is 25.3 Å². The Balaban J connectivity index is 1.74. The summed E-state index contributed by atoms with van der Waals surface area (Å²) in [6, 6.07) is 4.25. The average Bonchev–Trinajstić information content (AvgIpc) is 2.96. The highest BCUT2D eigenvalue weighted by atomic mass is 32.1. The molecule has 0 spiro atoms. The second kappa shape index (κ2) is 6.13. The quantitative estimate of drug-likeness (QED) is 0.794. The molecule has 0 amide bonds. The maximum absolute atomic E-state index is 5.06. The van der Waals surface area contributed by atoms with Crippen LogP contribution in [0, 0.1) is 0 Å². The normalized spacial score (nSPS) is 15.0. The van der Waals surface area contributed by atoms with Gasteiger partial charge in [0.2, 0.25) is 0 Å². The van der Waals surface area contributed by atoms with Gasteiger partial charge < -0.3 is 10.1 Å². The summed E-state index contributed by atoms with van der Waals surface area (Å²) in [6.45, 7) is 2.57. The topological polar surface area (TPSA) is 34.1 Å². The summed E-state index contributed by atoms with van der Waals surface area (Å²) >= 11 is 3.61. The number of rotatable bonds is 7. The number of nitrogens with zero attached hydrogens (tertiary/aromatic N) is 1. The Labute approximate surface area is 121 Å². The van der Waals surface area contributed by atoms with E-state index in [-0.39, 0.29) is 0 Å². The smallest absolute Gasteiger partial charge is 0.133 e. The highest BCUT2D eigenvalue weighted by Gasteiger charge is 2.29. The summed E-state index contributed by atoms with van der Waals surface area (Å²) in [5.74, 6) is 0.712. The lowest BCUT2D eigenvalue weighted by atomic mass is 10.2. The monoisotopic (exact) mass is 294 g/mol. The number of thiazole rings is 1. The van der Waals surface area contributed by atoms with Crippen LogP contribution in [0.4, 0.5) is 0 Å². The fourth-order valence-corrected chi connectivity index (χ4v) is 3.96. The lowest BCUT2D eigenvalue weighted by Crippen LogP contribution is -2.18. The molecule has 3 nitrogen and oxygen atoms in total. The zero-order chi connectivity index (χ0) is 13.1. The molecule has 2 aromatic heterocycles. The summed E-state index contributed by atoms with van der Waals surface area (Å²) in [5, 5.41) is 6.73. The second-order valence-electron chi connectivity index (χ2n) is 4.75. The van der Waals surface area contributed by atoms with Crippen molar-refractivity contribution in [2.75, 3.05) is 20.3 Å². The van der Waals surface area contributed by atoms with Gasteiger partial charge in [0.05, 0.1) is 17.2 Å². The molecule has 19 heavy (non-hydrogen) atoms. The standard InChI is InChI=1S/C14H18N2OS2/c1-17-7-6-15-9-12-13(10-4-5-10)16-14(19-12)11-3-2-8-18-11/h2-3,8,10,15H,4-7,9H2,1H3. The Hall–Kier alpha value is -0.750. The largest absolute Gasteiger partial charge is 0.383 e. The summed E-state index contributed by atoms with van der Waals surface area (Å²) in [5.41, 5.74) is 1.33. The van der Waals surface area contributed by atoms with Gasteiger partial charge in [0, 0.05) is 31.0 Å². The molecule has 0 atom stereocenters. The van der Waals surface area contributed by atoms with Crippen molar-refractivity contribution in [2.24, 2.45) is 0 Å². The number of thiophene rings is 1. The lowest BCUT2D eigenvalue weighted by Gasteiger charge is -2.03. The highest BCUT2D eigenvalue weighted by Crippen LogP contribution is 2.44. The summed E-state index contributed by atoms with van der Waals surface area (Å²) in [4.78, 5) is 7.56. The van der Waals surface area contributed by atoms with Crippen molar-refractivity contribution in [3.63, 3.8) is 0 Å². The van der Waals surface area contributed by atoms with Crippen LogP contribution in [0.2, 0.25) is 0 Å². The van der Waals surface area contributed by atoms with Gasteiger partial charge in [-0.25, -0.2) is 4.98 Å². The van der Waals surface area contributed by atoms with Gasteiger partial charge in [-0.2, -0.15) is 0 Å². The Morgan fingerprint density at radius 3 is 3.05 bits per heavy atom. The van der Waals surface area contributed by atoms with Gasteiger partial charge in [0.15, 0.2) is 0 Å². The Bertz CT molecular complexity index is 518. The molecule has 1 aliphatic carbocycles. The van der Waals surface area contributed by atoms with Gasteiger partial charge in [0.1, 0.15) is 5.01 Å². The average molecular weight is 294 g/mol. The molecule has 3 rings (SSSR count). The van der Waals surface area contributed by atoms with Crippen LogP contribution < -0.4 is 5.32 Å². The van der Waals surface area contributed by atoms with Crippen molar-refractivity contribution >= 4 is 22.7 Å². The predicted octanol–water partition coefficient (Wildman–Crippen LogP) is 3.49. The SMILES string of the molecule is COCCNCc1sc(-c2cccs2)nc1C1CC1. The molecule has 1 saturated carbocycles. The number of nitrogens with one attached hydrogen (secondary N) is 1. The molecule has 0 bridgehead atoms. The molecule has 1 N–H and O–H groups in total. The van der Waals surface area contributed by atoms with Crippen molar-refractivity contribution in [1.82, 2.24) is 10.3 Å². The Kier molecular flexibility index (Phi) is 4.28. The van der Waals surface area contributed by atoms with Crippen LogP contribution >= 0.6 is 22.7 Å². The van der Waals surface area contributed by atoms with E-state index in [1.807, 2.05) is 11.3 Å². The minimum Gasteiger partial charge on any atom is -0.383 e. The van der Waals surface area contributed by atoms with Crippen LogP contribution in [0.3, 0.4) is 0 Å². The van der Waals surface area contributed by atoms with Gasteiger partial charge in [-0.15, -0.1) is 22.7 Å². The molecule has 2 aromatic rings. The van der Waals surface area contributed by atoms with E-state index in [1.165, 1.54) is 33.3 Å². The molecule has 2 heterocycles. The molecule has 1 fully saturated rings. The number of methoxy groups -OCH3 is 1. The van der Waals surface area contributed by atoms with Crippen LogP contribution in [0.15, 0.2) is 17.5 Å². The van der Waals surface area contributed by atoms with E-state index < -0.39 is 0 Å². The predicted molar refractivity (Wildman–Crippen MR) is 81.0 cm³/mol. The first-order chi connectivity index (χ1) is 9.38. The van der Waals surface area contributed by atoms with E-state index in [2.05, 4.69) is 22.8 Å². The molecule has 5 heteroatoms. The van der Waals surface area contributed by atoms with E-state index in [0.29, 0.717) is 5.92 Å². The van der Waals surface area contributed by atoms with Crippen LogP contribution in [-0.4, -0.2) is 25.2 Å². The number of hydrogen-bond donors (Lipinski definition) is 1. The van der Waals surface area contributed by atoms with E-state index in [4.69, 9.17) is 9.72 Å². The highest BCUT2D eigenvalue weighted by molar-refractivity contribution is 7.21. The van der Waals surface area contributed by atoms with Crippen LogP contribution in [-0.2, 0) is 11.3 Å². The summed E-state index contributed by atoms with van der Waals surface area (Å²) in [7, 11) is 1.74. The van der Waals surface area contributed by atoms with Crippen molar-refractivity contribution in [3.05, 3.63) is 28.1 Å². The Morgan fingerprint density at radius 2 is 2.37 bits per heavy atom. The molecule has 0 unspecified atom stereocenters. The third-order valence-electron chi connectivity index (χ3n) is 3.19. The van der Waals surface area contributed by atoms with Crippen molar-refractivity contribution < 1.29 is 4.74 Å². The Morgan fingerprint density at radius 1 is 1.47 bits per heavy atom.